The Balaban J connectivity index is 0.000000212. The Bertz CT molecular complexity index is 3030. The van der Waals surface area contributed by atoms with Gasteiger partial charge in [-0.3, -0.25) is 19.4 Å². The maximum Gasteiger partial charge on any atom is 0.416 e. The molecule has 0 aliphatic rings. The van der Waals surface area contributed by atoms with Crippen LogP contribution in [0.25, 0.3) is 33.2 Å². The molecule has 0 fully saturated rings. The number of anilines is 3. The second kappa shape index (κ2) is 23.6. The number of halogens is 6. The van der Waals surface area contributed by atoms with Gasteiger partial charge in [-0.1, -0.05) is 72.8 Å². The summed E-state index contributed by atoms with van der Waals surface area (Å²) in [5, 5.41) is 6.30. The van der Waals surface area contributed by atoms with Gasteiger partial charge in [0.25, 0.3) is 11.8 Å². The number of fused-ring (bicyclic) bond motifs is 1. The van der Waals surface area contributed by atoms with Crippen LogP contribution in [-0.2, 0) is 12.4 Å². The number of aldehydes is 1. The highest BCUT2D eigenvalue weighted by Gasteiger charge is 2.31. The summed E-state index contributed by atoms with van der Waals surface area (Å²) < 4.78 is 80.8. The number of hydrogen-bond donors (Lipinski definition) is 3. The molecule has 0 aliphatic carbocycles. The van der Waals surface area contributed by atoms with Crippen LogP contribution in [0.2, 0.25) is 0 Å². The Morgan fingerprint density at radius 3 is 1.50 bits per heavy atom. The summed E-state index contributed by atoms with van der Waals surface area (Å²) in [4.78, 5) is 42.7. The fraction of sp³-hybridized carbons (Fsp3) is 0.148. The molecule has 1 heterocycles. The number of allylic oxidation sites excluding steroid dienone is 1. The monoisotopic (exact) mass is 959 g/mol. The van der Waals surface area contributed by atoms with Crippen LogP contribution in [0, 0.1) is 0 Å². The molecule has 0 saturated carbocycles. The number of nitrogens with two attached hydrogens (primary N) is 1. The van der Waals surface area contributed by atoms with E-state index in [1.54, 1.807) is 97.1 Å². The average Bonchev–Trinajstić information content (AvgIpc) is 3.30. The Morgan fingerprint density at radius 2 is 1.07 bits per heavy atom. The zero-order chi connectivity index (χ0) is 51.2. The largest absolute Gasteiger partial charge is 0.416 e. The number of amides is 2. The van der Waals surface area contributed by atoms with Gasteiger partial charge in [-0.25, -0.2) is 9.15 Å². The van der Waals surface area contributed by atoms with Crippen molar-refractivity contribution >= 4 is 58.5 Å². The standard InChI is InChI=1S/C24H15F3N2O2.C20H15F3N2O.C10H21N3/c25-24(26,27)18-8-5-16(6-9-18)20-3-1-2-4-21(20)23(31)29-19-10-7-17-11-15(14-30)13-28-22(17)12-19;21-20(22,23)14-10-8-13(9-11-14)17-6-1-2-7-18(17)19(26)25-16-5-3-4-15(24)12-16;1-11(2)7-10(8-12(3)4)9-13(5)6/h1-14H,(H,29,31);1-12H,24H2,(H,25,26);7-9H,1-6H3/q;;+2. The minimum absolute atomic E-state index is 0.326. The summed E-state index contributed by atoms with van der Waals surface area (Å²) in [5.41, 5.74) is 10.8. The Hall–Kier alpha value is -8.40. The van der Waals surface area contributed by atoms with Crippen molar-refractivity contribution in [2.45, 2.75) is 12.4 Å². The van der Waals surface area contributed by atoms with Crippen LogP contribution < -0.4 is 16.4 Å². The van der Waals surface area contributed by atoms with Gasteiger partial charge in [0.2, 0.25) is 0 Å². The van der Waals surface area contributed by atoms with Crippen molar-refractivity contribution in [3.05, 3.63) is 191 Å². The van der Waals surface area contributed by atoms with Crippen LogP contribution in [0.5, 0.6) is 0 Å². The van der Waals surface area contributed by atoms with Crippen LogP contribution >= 0.6 is 0 Å². The van der Waals surface area contributed by atoms with Crippen LogP contribution in [0.15, 0.2) is 164 Å². The molecule has 10 nitrogen and oxygen atoms in total. The molecule has 1 aromatic heterocycles. The fourth-order valence-corrected chi connectivity index (χ4v) is 6.83. The summed E-state index contributed by atoms with van der Waals surface area (Å²) in [6.45, 7) is 0. The first-order valence-corrected chi connectivity index (χ1v) is 21.4. The van der Waals surface area contributed by atoms with Crippen LogP contribution in [0.4, 0.5) is 43.4 Å². The molecular formula is C54H51F6N7O3+2. The fourth-order valence-electron chi connectivity index (χ4n) is 6.83. The number of nitrogens with one attached hydrogen (secondary N) is 2. The second-order valence-electron chi connectivity index (χ2n) is 16.3. The quantitative estimate of drug-likeness (QED) is 0.0412. The first-order chi connectivity index (χ1) is 33.1. The van der Waals surface area contributed by atoms with Gasteiger partial charge in [0.1, 0.15) is 33.8 Å². The van der Waals surface area contributed by atoms with Crippen LogP contribution in [0.1, 0.15) is 42.2 Å². The van der Waals surface area contributed by atoms with Gasteiger partial charge < -0.3 is 21.3 Å². The van der Waals surface area contributed by atoms with E-state index in [1.807, 2.05) is 56.3 Å². The summed E-state index contributed by atoms with van der Waals surface area (Å²) in [6.07, 6.45) is -0.421. The lowest BCUT2D eigenvalue weighted by atomic mass is 9.98. The van der Waals surface area contributed by atoms with Crippen molar-refractivity contribution in [2.75, 3.05) is 58.7 Å². The normalized spacial score (nSPS) is 10.8. The highest BCUT2D eigenvalue weighted by molar-refractivity contribution is 6.10. The zero-order valence-corrected chi connectivity index (χ0v) is 39.1. The third-order valence-corrected chi connectivity index (χ3v) is 9.86. The summed E-state index contributed by atoms with van der Waals surface area (Å²) >= 11 is 0. The van der Waals surface area contributed by atoms with E-state index < -0.39 is 29.4 Å². The number of alkyl halides is 6. The number of carbonyl (C=O) groups excluding carboxylic acids is 3. The lowest BCUT2D eigenvalue weighted by Crippen LogP contribution is -2.13. The highest BCUT2D eigenvalue weighted by atomic mass is 19.4. The van der Waals surface area contributed by atoms with Crippen molar-refractivity contribution in [1.29, 1.82) is 0 Å². The van der Waals surface area contributed by atoms with Gasteiger partial charge in [-0.2, -0.15) is 26.3 Å². The van der Waals surface area contributed by atoms with E-state index in [1.165, 1.54) is 36.0 Å². The average molecular weight is 960 g/mol. The number of benzene rings is 6. The van der Waals surface area contributed by atoms with E-state index in [2.05, 4.69) is 34.2 Å². The third kappa shape index (κ3) is 15.3. The molecule has 0 bridgehead atoms. The molecule has 2 amide bonds. The topological polar surface area (TPSA) is 123 Å². The van der Waals surface area contributed by atoms with Crippen molar-refractivity contribution in [1.82, 2.24) is 9.88 Å². The number of rotatable bonds is 10. The number of nitrogen functional groups attached to an aromatic ring is 1. The number of carbonyl (C=O) groups is 3. The van der Waals surface area contributed by atoms with Crippen molar-refractivity contribution < 1.29 is 49.9 Å². The van der Waals surface area contributed by atoms with Gasteiger partial charge >= 0.3 is 12.4 Å². The van der Waals surface area contributed by atoms with E-state index in [-0.39, 0.29) is 5.91 Å². The van der Waals surface area contributed by atoms with Gasteiger partial charge in [0.15, 0.2) is 18.7 Å². The predicted octanol–water partition coefficient (Wildman–Crippen LogP) is 11.3. The molecule has 16 heteroatoms. The Morgan fingerprint density at radius 1 is 0.600 bits per heavy atom. The van der Waals surface area contributed by atoms with Crippen molar-refractivity contribution in [2.24, 2.45) is 0 Å². The minimum atomic E-state index is -4.42. The molecular weight excluding hydrogens is 909 g/mol. The molecule has 0 spiro atoms. The second-order valence-corrected chi connectivity index (χ2v) is 16.3. The molecule has 360 valence electrons. The molecule has 0 saturated heterocycles. The van der Waals surface area contributed by atoms with E-state index >= 15 is 0 Å². The number of hydrogen-bond acceptors (Lipinski definition) is 6. The molecule has 0 atom stereocenters. The van der Waals surface area contributed by atoms with E-state index in [0.29, 0.717) is 67.8 Å². The van der Waals surface area contributed by atoms with Gasteiger partial charge in [0, 0.05) is 65.6 Å². The van der Waals surface area contributed by atoms with E-state index in [4.69, 9.17) is 5.73 Å². The first-order valence-electron chi connectivity index (χ1n) is 21.4. The molecule has 70 heavy (non-hydrogen) atoms. The van der Waals surface area contributed by atoms with Gasteiger partial charge in [0.05, 0.1) is 16.6 Å². The lowest BCUT2D eigenvalue weighted by Gasteiger charge is -2.12. The maximum atomic E-state index is 12.9. The van der Waals surface area contributed by atoms with Crippen LogP contribution in [-0.4, -0.2) is 91.9 Å². The highest BCUT2D eigenvalue weighted by Crippen LogP contribution is 2.34. The lowest BCUT2D eigenvalue weighted by molar-refractivity contribution is -0.462. The third-order valence-electron chi connectivity index (χ3n) is 9.86. The molecule has 6 aromatic carbocycles. The smallest absolute Gasteiger partial charge is 0.399 e. The van der Waals surface area contributed by atoms with E-state index in [9.17, 15) is 40.7 Å². The number of pyridine rings is 1. The SMILES string of the molecule is CN(C)C=C(C=[N+](C)C)C=[N+](C)C.Nc1cccc(NC(=O)c2ccccc2-c2ccc(C(F)(F)F)cc2)c1.O=Cc1cnc2cc(NC(=O)c3ccccc3-c3ccc(C(F)(F)F)cc3)ccc2c1. The predicted molar refractivity (Wildman–Crippen MR) is 266 cm³/mol. The minimum Gasteiger partial charge on any atom is -0.399 e. The van der Waals surface area contributed by atoms with Gasteiger partial charge in [-0.15, -0.1) is 0 Å². The van der Waals surface area contributed by atoms with Crippen LogP contribution in [0.3, 0.4) is 0 Å². The molecule has 7 aromatic rings. The maximum absolute atomic E-state index is 12.9. The zero-order valence-electron chi connectivity index (χ0n) is 39.1. The summed E-state index contributed by atoms with van der Waals surface area (Å²) in [5.74, 6) is -0.773. The first kappa shape index (κ1) is 52.6. The molecule has 0 aliphatic heterocycles. The Labute approximate surface area is 401 Å². The molecule has 4 N–H and O–H groups in total. The molecule has 0 radical (unpaired) electrons. The molecule has 7 rings (SSSR count). The van der Waals surface area contributed by atoms with Crippen molar-refractivity contribution in [3.8, 4) is 22.3 Å². The summed E-state index contributed by atoms with van der Waals surface area (Å²) in [6, 6.07) is 36.4. The summed E-state index contributed by atoms with van der Waals surface area (Å²) in [7, 11) is 12.1. The van der Waals surface area contributed by atoms with Gasteiger partial charge in [-0.05, 0) is 95.1 Å². The number of nitrogens with zero attached hydrogens (tertiary/aromatic N) is 4. The number of aromatic nitrogens is 1. The van der Waals surface area contributed by atoms with E-state index in [0.717, 1.165) is 29.7 Å². The molecule has 0 unspecified atom stereocenters. The Kier molecular flexibility index (Phi) is 17.7. The van der Waals surface area contributed by atoms with Crippen molar-refractivity contribution in [3.63, 3.8) is 0 Å².